The molecule has 3 N–H and O–H groups in total. The molecule has 2 rings (SSSR count). The molecule has 0 atom stereocenters. The van der Waals surface area contributed by atoms with Crippen LogP contribution in [0.5, 0.6) is 0 Å². The van der Waals surface area contributed by atoms with Crippen molar-refractivity contribution in [1.82, 2.24) is 25.8 Å². The van der Waals surface area contributed by atoms with E-state index in [0.717, 1.165) is 38.0 Å². The Hall–Kier alpha value is -1.88. The van der Waals surface area contributed by atoms with Gasteiger partial charge in [-0.25, -0.2) is 4.99 Å². The van der Waals surface area contributed by atoms with Gasteiger partial charge in [-0.2, -0.15) is 0 Å². The Bertz CT molecular complexity index is 704. The highest BCUT2D eigenvalue weighted by atomic mass is 127. The number of halogens is 1. The Morgan fingerprint density at radius 1 is 1.13 bits per heavy atom. The number of hydrogen-bond donors (Lipinski definition) is 3. The van der Waals surface area contributed by atoms with E-state index >= 15 is 0 Å². The first-order chi connectivity index (χ1) is 14.0. The molecule has 1 aromatic carbocycles. The average molecular weight is 530 g/mol. The summed E-state index contributed by atoms with van der Waals surface area (Å²) in [6, 6.07) is 7.46. The van der Waals surface area contributed by atoms with E-state index in [9.17, 15) is 9.59 Å². The molecule has 1 heterocycles. The zero-order valence-corrected chi connectivity index (χ0v) is 20.6. The first-order valence-corrected chi connectivity index (χ1v) is 10.3. The second kappa shape index (κ2) is 14.2. The maximum atomic E-state index is 12.3. The number of hydrogen-bond acceptors (Lipinski definition) is 4. The summed E-state index contributed by atoms with van der Waals surface area (Å²) in [5, 5.41) is 9.18. The second-order valence-corrected chi connectivity index (χ2v) is 7.40. The van der Waals surface area contributed by atoms with E-state index in [0.29, 0.717) is 31.2 Å². The average Bonchev–Trinajstić information content (AvgIpc) is 3.24. The highest BCUT2D eigenvalue weighted by Crippen LogP contribution is 2.08. The summed E-state index contributed by atoms with van der Waals surface area (Å²) in [7, 11) is 3.94. The number of rotatable bonds is 9. The van der Waals surface area contributed by atoms with Crippen molar-refractivity contribution in [1.29, 1.82) is 0 Å². The van der Waals surface area contributed by atoms with Gasteiger partial charge in [-0.1, -0.05) is 12.1 Å². The molecule has 1 saturated heterocycles. The van der Waals surface area contributed by atoms with Crippen LogP contribution in [-0.4, -0.2) is 80.9 Å². The minimum absolute atomic E-state index is 0. The predicted molar refractivity (Wildman–Crippen MR) is 131 cm³/mol. The monoisotopic (exact) mass is 530 g/mol. The predicted octanol–water partition coefficient (Wildman–Crippen LogP) is 1.27. The quantitative estimate of drug-likeness (QED) is 0.254. The van der Waals surface area contributed by atoms with Crippen LogP contribution in [0.4, 0.5) is 0 Å². The van der Waals surface area contributed by atoms with Crippen LogP contribution in [0, 0.1) is 0 Å². The van der Waals surface area contributed by atoms with E-state index < -0.39 is 0 Å². The van der Waals surface area contributed by atoms with E-state index in [4.69, 9.17) is 0 Å². The van der Waals surface area contributed by atoms with E-state index in [1.54, 1.807) is 6.07 Å². The first kappa shape index (κ1) is 26.2. The fourth-order valence-electron chi connectivity index (χ4n) is 3.06. The van der Waals surface area contributed by atoms with E-state index in [1.165, 1.54) is 0 Å². The van der Waals surface area contributed by atoms with E-state index in [1.807, 2.05) is 49.0 Å². The molecule has 1 aliphatic heterocycles. The smallest absolute Gasteiger partial charge is 0.251 e. The molecule has 0 unspecified atom stereocenters. The summed E-state index contributed by atoms with van der Waals surface area (Å²) in [4.78, 5) is 33.0. The van der Waals surface area contributed by atoms with Crippen molar-refractivity contribution in [3.63, 3.8) is 0 Å². The summed E-state index contributed by atoms with van der Waals surface area (Å²) in [6.45, 7) is 6.44. The molecule has 0 saturated carbocycles. The highest BCUT2D eigenvalue weighted by molar-refractivity contribution is 14.0. The summed E-state index contributed by atoms with van der Waals surface area (Å²) in [5.41, 5.74) is 1.56. The fraction of sp³-hybridized carbons (Fsp3) is 0.571. The molecule has 168 valence electrons. The number of amides is 2. The summed E-state index contributed by atoms with van der Waals surface area (Å²) in [5.74, 6) is 0.615. The van der Waals surface area contributed by atoms with E-state index in [-0.39, 0.29) is 42.3 Å². The number of likely N-dealkylation sites (tertiary alicyclic amines) is 1. The molecule has 1 aliphatic rings. The summed E-state index contributed by atoms with van der Waals surface area (Å²) < 4.78 is 0. The third kappa shape index (κ3) is 9.29. The van der Waals surface area contributed by atoms with Gasteiger partial charge in [-0.15, -0.1) is 24.0 Å². The number of likely N-dealkylation sites (N-methyl/N-ethyl adjacent to an activating group) is 1. The van der Waals surface area contributed by atoms with Gasteiger partial charge in [0.1, 0.15) is 0 Å². The standard InChI is InChI=1S/C21H34N6O2.HI/c1-4-22-21(25-16-19(28)27-11-5-6-12-27)24-15-17-8-7-9-18(14-17)20(29)23-10-13-26(2)3;/h7-9,14H,4-6,10-13,15-16H2,1-3H3,(H,23,29)(H2,22,24,25);1H. The molecule has 2 amide bonds. The van der Waals surface area contributed by atoms with E-state index in [2.05, 4.69) is 20.9 Å². The summed E-state index contributed by atoms with van der Waals surface area (Å²) in [6.07, 6.45) is 2.16. The zero-order chi connectivity index (χ0) is 21.1. The van der Waals surface area contributed by atoms with Crippen molar-refractivity contribution in [2.75, 3.05) is 53.4 Å². The molecule has 0 aromatic heterocycles. The lowest BCUT2D eigenvalue weighted by atomic mass is 10.1. The van der Waals surface area contributed by atoms with Gasteiger partial charge in [0, 0.05) is 38.3 Å². The van der Waals surface area contributed by atoms with Gasteiger partial charge in [0.2, 0.25) is 5.91 Å². The maximum absolute atomic E-state index is 12.3. The number of aliphatic imine (C=N–C) groups is 1. The van der Waals surface area contributed by atoms with Crippen LogP contribution in [0.15, 0.2) is 29.3 Å². The Balaban J connectivity index is 0.00000450. The van der Waals surface area contributed by atoms with Gasteiger partial charge in [0.05, 0.1) is 13.1 Å². The van der Waals surface area contributed by atoms with Crippen molar-refractivity contribution in [2.45, 2.75) is 26.3 Å². The van der Waals surface area contributed by atoms with Crippen LogP contribution in [-0.2, 0) is 11.3 Å². The Kier molecular flexibility index (Phi) is 12.4. The SMILES string of the molecule is CCNC(=NCc1cccc(C(=O)NCCN(C)C)c1)NCC(=O)N1CCCC1.I. The van der Waals surface area contributed by atoms with Crippen molar-refractivity contribution >= 4 is 41.8 Å². The molecule has 0 spiro atoms. The molecule has 1 aromatic rings. The van der Waals surface area contributed by atoms with Crippen molar-refractivity contribution < 1.29 is 9.59 Å². The molecular weight excluding hydrogens is 495 g/mol. The van der Waals surface area contributed by atoms with Crippen LogP contribution < -0.4 is 16.0 Å². The lowest BCUT2D eigenvalue weighted by Crippen LogP contribution is -2.44. The van der Waals surface area contributed by atoms with Crippen LogP contribution in [0.3, 0.4) is 0 Å². The normalized spacial score (nSPS) is 13.7. The largest absolute Gasteiger partial charge is 0.357 e. The number of nitrogens with zero attached hydrogens (tertiary/aromatic N) is 3. The lowest BCUT2D eigenvalue weighted by molar-refractivity contribution is -0.128. The third-order valence-electron chi connectivity index (χ3n) is 4.66. The molecule has 8 nitrogen and oxygen atoms in total. The Labute approximate surface area is 196 Å². The fourth-order valence-corrected chi connectivity index (χ4v) is 3.06. The molecule has 0 aliphatic carbocycles. The van der Waals surface area contributed by atoms with Gasteiger partial charge in [-0.3, -0.25) is 9.59 Å². The molecule has 0 radical (unpaired) electrons. The van der Waals surface area contributed by atoms with Crippen LogP contribution in [0.25, 0.3) is 0 Å². The molecule has 9 heteroatoms. The van der Waals surface area contributed by atoms with Crippen LogP contribution in [0.1, 0.15) is 35.7 Å². The summed E-state index contributed by atoms with van der Waals surface area (Å²) >= 11 is 0. The van der Waals surface area contributed by atoms with Crippen LogP contribution in [0.2, 0.25) is 0 Å². The minimum atomic E-state index is -0.0843. The topological polar surface area (TPSA) is 89.1 Å². The van der Waals surface area contributed by atoms with Gasteiger partial charge >= 0.3 is 0 Å². The molecular formula is C21H35IN6O2. The number of benzene rings is 1. The minimum Gasteiger partial charge on any atom is -0.357 e. The maximum Gasteiger partial charge on any atom is 0.251 e. The first-order valence-electron chi connectivity index (χ1n) is 10.3. The van der Waals surface area contributed by atoms with Gasteiger partial charge in [-0.05, 0) is 51.6 Å². The Morgan fingerprint density at radius 3 is 2.53 bits per heavy atom. The van der Waals surface area contributed by atoms with Gasteiger partial charge < -0.3 is 25.8 Å². The Morgan fingerprint density at radius 2 is 1.87 bits per heavy atom. The van der Waals surface area contributed by atoms with Crippen molar-refractivity contribution in [2.24, 2.45) is 4.99 Å². The van der Waals surface area contributed by atoms with Gasteiger partial charge in [0.25, 0.3) is 5.91 Å². The number of carbonyl (C=O) groups excluding carboxylic acids is 2. The molecule has 1 fully saturated rings. The number of guanidine groups is 1. The second-order valence-electron chi connectivity index (χ2n) is 7.40. The number of nitrogens with one attached hydrogen (secondary N) is 3. The number of carbonyl (C=O) groups is 2. The van der Waals surface area contributed by atoms with Crippen molar-refractivity contribution in [3.8, 4) is 0 Å². The molecule has 30 heavy (non-hydrogen) atoms. The lowest BCUT2D eigenvalue weighted by Gasteiger charge is -2.17. The highest BCUT2D eigenvalue weighted by Gasteiger charge is 2.17. The van der Waals surface area contributed by atoms with Crippen molar-refractivity contribution in [3.05, 3.63) is 35.4 Å². The van der Waals surface area contributed by atoms with Gasteiger partial charge in [0.15, 0.2) is 5.96 Å². The van der Waals surface area contributed by atoms with Crippen LogP contribution >= 0.6 is 24.0 Å². The molecule has 0 bridgehead atoms. The zero-order valence-electron chi connectivity index (χ0n) is 18.2. The third-order valence-corrected chi connectivity index (χ3v) is 4.66.